The number of halogens is 4. The maximum absolute atomic E-state index is 13.4. The van der Waals surface area contributed by atoms with Crippen LogP contribution in [-0.4, -0.2) is 42.5 Å². The Morgan fingerprint density at radius 3 is 2.38 bits per heavy atom. The molecule has 3 atom stereocenters. The number of alkyl halides is 3. The van der Waals surface area contributed by atoms with Crippen molar-refractivity contribution in [3.8, 4) is 21.0 Å². The van der Waals surface area contributed by atoms with Crippen LogP contribution >= 0.6 is 11.3 Å². The Bertz CT molecular complexity index is 1470. The topological polar surface area (TPSA) is 62.3 Å². The zero-order valence-electron chi connectivity index (χ0n) is 20.0. The Labute approximate surface area is 216 Å². The van der Waals surface area contributed by atoms with E-state index in [9.17, 15) is 26.0 Å². The Morgan fingerprint density at radius 2 is 1.70 bits per heavy atom. The van der Waals surface area contributed by atoms with E-state index in [1.54, 1.807) is 12.1 Å². The number of rotatable bonds is 3. The van der Waals surface area contributed by atoms with Crippen molar-refractivity contribution in [3.05, 3.63) is 65.1 Å². The summed E-state index contributed by atoms with van der Waals surface area (Å²) in [5.74, 6) is -0.449. The highest BCUT2D eigenvalue weighted by atomic mass is 32.2. The average molecular weight is 552 g/mol. The molecule has 2 bridgehead atoms. The Kier molecular flexibility index (Phi) is 5.79. The Balaban J connectivity index is 1.31. The zero-order chi connectivity index (χ0) is 26.2. The molecule has 1 aromatic heterocycles. The fourth-order valence-electron chi connectivity index (χ4n) is 6.37. The molecule has 1 spiro atoms. The standard InChI is InChI=1S/C26H25F4N3O2S2/c1-15-23(16-4-8-22(27)9-5-16)36-24(31-15)18-3-2-17-11-20-6-7-21(12-19(17)10-18)25(20)13-33(14-26(28,29)30)37(34,35)32-25/h2-5,8-10,20-21,32H,6-7,11-14H2,1H3/t20-,21+,25-/m1/s1. The van der Waals surface area contributed by atoms with Crippen LogP contribution in [0.3, 0.4) is 0 Å². The van der Waals surface area contributed by atoms with Gasteiger partial charge in [-0.1, -0.05) is 24.3 Å². The lowest BCUT2D eigenvalue weighted by Gasteiger charge is -2.33. The van der Waals surface area contributed by atoms with Crippen molar-refractivity contribution in [2.24, 2.45) is 11.8 Å². The Hall–Kier alpha value is -2.34. The lowest BCUT2D eigenvalue weighted by Crippen LogP contribution is -2.52. The highest BCUT2D eigenvalue weighted by molar-refractivity contribution is 7.87. The minimum Gasteiger partial charge on any atom is -0.241 e. The van der Waals surface area contributed by atoms with Gasteiger partial charge in [-0.2, -0.15) is 30.6 Å². The third-order valence-corrected chi connectivity index (χ3v) is 10.9. The van der Waals surface area contributed by atoms with Crippen LogP contribution in [0.4, 0.5) is 17.6 Å². The predicted octanol–water partition coefficient (Wildman–Crippen LogP) is 5.50. The summed E-state index contributed by atoms with van der Waals surface area (Å²) in [6.45, 7) is 0.294. The van der Waals surface area contributed by atoms with Crippen LogP contribution in [0.5, 0.6) is 0 Å². The predicted molar refractivity (Wildman–Crippen MR) is 134 cm³/mol. The molecule has 1 aliphatic heterocycles. The van der Waals surface area contributed by atoms with E-state index in [1.807, 2.05) is 19.1 Å². The molecule has 3 aliphatic rings. The number of nitrogens with one attached hydrogen (secondary N) is 1. The molecule has 1 N–H and O–H groups in total. The number of fused-ring (bicyclic) bond motifs is 1. The average Bonchev–Trinajstić information content (AvgIpc) is 3.38. The van der Waals surface area contributed by atoms with Gasteiger partial charge in [0.1, 0.15) is 17.4 Å². The molecular weight excluding hydrogens is 526 g/mol. The number of nitrogens with zero attached hydrogens (tertiary/aromatic N) is 2. The number of aryl methyl sites for hydroxylation is 1. The van der Waals surface area contributed by atoms with Crippen LogP contribution in [0.15, 0.2) is 42.5 Å². The SMILES string of the molecule is Cc1nc(-c2ccc3c(c2)C[C@@H]2CC[C@H](C3)[C@]23CN(CC(F)(F)F)S(=O)(=O)N3)sc1-c1ccc(F)cc1. The molecule has 0 radical (unpaired) electrons. The minimum absolute atomic E-state index is 0.0650. The first-order chi connectivity index (χ1) is 17.4. The molecule has 0 amide bonds. The molecule has 196 valence electrons. The second kappa shape index (κ2) is 8.59. The first-order valence-corrected chi connectivity index (χ1v) is 14.4. The van der Waals surface area contributed by atoms with Crippen LogP contribution < -0.4 is 4.72 Å². The fraction of sp³-hybridized carbons (Fsp3) is 0.423. The molecule has 2 fully saturated rings. The van der Waals surface area contributed by atoms with E-state index >= 15 is 0 Å². The molecule has 6 rings (SSSR count). The van der Waals surface area contributed by atoms with Gasteiger partial charge in [0.15, 0.2) is 0 Å². The largest absolute Gasteiger partial charge is 0.402 e. The number of benzene rings is 2. The highest BCUT2D eigenvalue weighted by Crippen LogP contribution is 2.51. The van der Waals surface area contributed by atoms with E-state index in [4.69, 9.17) is 4.98 Å². The van der Waals surface area contributed by atoms with Gasteiger partial charge in [0.2, 0.25) is 0 Å². The van der Waals surface area contributed by atoms with E-state index in [1.165, 1.54) is 23.5 Å². The minimum atomic E-state index is -4.60. The summed E-state index contributed by atoms with van der Waals surface area (Å²) in [7, 11) is -4.21. The zero-order valence-corrected chi connectivity index (χ0v) is 21.6. The number of thiazole rings is 1. The molecule has 1 saturated heterocycles. The Morgan fingerprint density at radius 1 is 1.05 bits per heavy atom. The van der Waals surface area contributed by atoms with Gasteiger partial charge in [-0.15, -0.1) is 11.3 Å². The summed E-state index contributed by atoms with van der Waals surface area (Å²) in [5.41, 5.74) is 4.00. The summed E-state index contributed by atoms with van der Waals surface area (Å²) >= 11 is 1.53. The van der Waals surface area contributed by atoms with Gasteiger partial charge in [-0.05, 0) is 79.3 Å². The molecule has 2 heterocycles. The molecule has 1 saturated carbocycles. The van der Waals surface area contributed by atoms with Crippen molar-refractivity contribution >= 4 is 21.5 Å². The van der Waals surface area contributed by atoms with Crippen LogP contribution in [-0.2, 0) is 23.1 Å². The lowest BCUT2D eigenvalue weighted by atomic mass is 9.79. The van der Waals surface area contributed by atoms with E-state index in [-0.39, 0.29) is 24.2 Å². The second-order valence-corrected chi connectivity index (χ2v) is 13.0. The van der Waals surface area contributed by atoms with E-state index in [2.05, 4.69) is 10.8 Å². The van der Waals surface area contributed by atoms with Crippen LogP contribution in [0.25, 0.3) is 21.0 Å². The quantitative estimate of drug-likeness (QED) is 0.438. The van der Waals surface area contributed by atoms with Crippen molar-refractivity contribution in [3.63, 3.8) is 0 Å². The number of aromatic nitrogens is 1. The molecule has 2 aliphatic carbocycles. The van der Waals surface area contributed by atoms with E-state index in [0.29, 0.717) is 17.1 Å². The van der Waals surface area contributed by atoms with Gasteiger partial charge < -0.3 is 0 Å². The van der Waals surface area contributed by atoms with Gasteiger partial charge in [-0.3, -0.25) is 0 Å². The third kappa shape index (κ3) is 4.39. The summed E-state index contributed by atoms with van der Waals surface area (Å²) in [5, 5.41) is 0.835. The smallest absolute Gasteiger partial charge is 0.241 e. The summed E-state index contributed by atoms with van der Waals surface area (Å²) in [4.78, 5) is 5.72. The summed E-state index contributed by atoms with van der Waals surface area (Å²) in [6.07, 6.45) is -1.84. The molecule has 3 aromatic rings. The molecule has 37 heavy (non-hydrogen) atoms. The third-order valence-electron chi connectivity index (χ3n) is 8.06. The van der Waals surface area contributed by atoms with Crippen molar-refractivity contribution in [2.75, 3.05) is 13.1 Å². The van der Waals surface area contributed by atoms with Crippen LogP contribution in [0, 0.1) is 24.6 Å². The van der Waals surface area contributed by atoms with Crippen LogP contribution in [0.2, 0.25) is 0 Å². The van der Waals surface area contributed by atoms with Gasteiger partial charge in [0.05, 0.1) is 16.1 Å². The molecule has 5 nitrogen and oxygen atoms in total. The van der Waals surface area contributed by atoms with Gasteiger partial charge in [0.25, 0.3) is 10.2 Å². The van der Waals surface area contributed by atoms with Crippen molar-refractivity contribution in [1.82, 2.24) is 14.0 Å². The van der Waals surface area contributed by atoms with Crippen LogP contribution in [0.1, 0.15) is 29.7 Å². The molecule has 11 heteroatoms. The number of hydrogen-bond donors (Lipinski definition) is 1. The van der Waals surface area contributed by atoms with E-state index in [0.717, 1.165) is 50.7 Å². The van der Waals surface area contributed by atoms with Crippen molar-refractivity contribution in [1.29, 1.82) is 0 Å². The summed E-state index contributed by atoms with van der Waals surface area (Å²) < 4.78 is 81.4. The highest BCUT2D eigenvalue weighted by Gasteiger charge is 2.60. The molecule has 2 aromatic carbocycles. The first-order valence-electron chi connectivity index (χ1n) is 12.1. The van der Waals surface area contributed by atoms with Gasteiger partial charge in [0, 0.05) is 12.1 Å². The van der Waals surface area contributed by atoms with E-state index < -0.39 is 28.5 Å². The van der Waals surface area contributed by atoms with Gasteiger partial charge >= 0.3 is 6.18 Å². The molecule has 0 unspecified atom stereocenters. The lowest BCUT2D eigenvalue weighted by molar-refractivity contribution is -0.136. The monoisotopic (exact) mass is 551 g/mol. The molecular formula is C26H25F4N3O2S2. The second-order valence-electron chi connectivity index (χ2n) is 10.3. The van der Waals surface area contributed by atoms with Crippen molar-refractivity contribution in [2.45, 2.75) is 44.3 Å². The maximum atomic E-state index is 13.4. The number of hydrogen-bond acceptors (Lipinski definition) is 4. The maximum Gasteiger partial charge on any atom is 0.402 e. The van der Waals surface area contributed by atoms with Crippen molar-refractivity contribution < 1.29 is 26.0 Å². The normalized spacial score (nSPS) is 26.9. The summed E-state index contributed by atoms with van der Waals surface area (Å²) in [6, 6.07) is 12.5. The fourth-order valence-corrected chi connectivity index (χ4v) is 9.14. The van der Waals surface area contributed by atoms with Gasteiger partial charge in [-0.25, -0.2) is 9.37 Å². The first kappa shape index (κ1) is 25.0.